The van der Waals surface area contributed by atoms with Crippen molar-refractivity contribution in [1.82, 2.24) is 24.9 Å². The highest BCUT2D eigenvalue weighted by atomic mass is 32.1. The molecule has 0 atom stereocenters. The van der Waals surface area contributed by atoms with Crippen LogP contribution in [-0.4, -0.2) is 45.1 Å². The summed E-state index contributed by atoms with van der Waals surface area (Å²) in [5, 5.41) is 13.7. The number of benzene rings is 1. The Kier molecular flexibility index (Phi) is 5.68. The second-order valence-corrected chi connectivity index (χ2v) is 11.0. The van der Waals surface area contributed by atoms with Crippen LogP contribution in [0.15, 0.2) is 29.7 Å². The summed E-state index contributed by atoms with van der Waals surface area (Å²) in [6.45, 7) is 10.9. The third kappa shape index (κ3) is 4.21. The molecule has 0 fully saturated rings. The van der Waals surface area contributed by atoms with Crippen molar-refractivity contribution >= 4 is 32.9 Å². The van der Waals surface area contributed by atoms with Gasteiger partial charge in [-0.2, -0.15) is 0 Å². The maximum Gasteiger partial charge on any atom is 0.192 e. The molecular weight excluding hydrogens is 464 g/mol. The summed E-state index contributed by atoms with van der Waals surface area (Å²) in [6, 6.07) is 5.62. The molecule has 0 bridgehead atoms. The fourth-order valence-corrected chi connectivity index (χ4v) is 6.14. The first-order valence-corrected chi connectivity index (χ1v) is 12.3. The summed E-state index contributed by atoms with van der Waals surface area (Å²) < 4.78 is 12.4. The van der Waals surface area contributed by atoms with E-state index in [2.05, 4.69) is 48.3 Å². The van der Waals surface area contributed by atoms with Crippen molar-refractivity contribution in [1.29, 1.82) is 0 Å². The van der Waals surface area contributed by atoms with Gasteiger partial charge in [-0.3, -0.25) is 0 Å². The van der Waals surface area contributed by atoms with Gasteiger partial charge in [-0.05, 0) is 64.8 Å². The van der Waals surface area contributed by atoms with Crippen LogP contribution < -0.4 is 14.8 Å². The lowest BCUT2D eigenvalue weighted by atomic mass is 9.82. The van der Waals surface area contributed by atoms with Gasteiger partial charge in [-0.15, -0.1) is 16.4 Å². The molecule has 184 valence electrons. The molecular formula is C25H30N6O3S. The van der Waals surface area contributed by atoms with Gasteiger partial charge in [0.25, 0.3) is 0 Å². The molecule has 0 unspecified atom stereocenters. The van der Waals surface area contributed by atoms with Gasteiger partial charge >= 0.3 is 0 Å². The molecule has 1 aliphatic heterocycles. The molecule has 0 saturated heterocycles. The molecule has 0 amide bonds. The van der Waals surface area contributed by atoms with Crippen LogP contribution in [0.5, 0.6) is 11.5 Å². The minimum atomic E-state index is -0.137. The van der Waals surface area contributed by atoms with Gasteiger partial charge in [0.1, 0.15) is 11.2 Å². The first-order chi connectivity index (χ1) is 16.6. The van der Waals surface area contributed by atoms with E-state index in [0.29, 0.717) is 23.0 Å². The summed E-state index contributed by atoms with van der Waals surface area (Å²) >= 11 is 1.73. The Bertz CT molecular complexity index is 1450. The van der Waals surface area contributed by atoms with Crippen LogP contribution in [0.2, 0.25) is 0 Å². The Labute approximate surface area is 208 Å². The maximum atomic E-state index is 5.62. The highest BCUT2D eigenvalue weighted by Gasteiger charge is 2.39. The first-order valence-electron chi connectivity index (χ1n) is 11.5. The Morgan fingerprint density at radius 1 is 1.17 bits per heavy atom. The van der Waals surface area contributed by atoms with Crippen molar-refractivity contribution in [2.24, 2.45) is 5.16 Å². The smallest absolute Gasteiger partial charge is 0.192 e. The number of fused-ring (bicyclic) bond motifs is 5. The van der Waals surface area contributed by atoms with E-state index in [1.807, 2.05) is 25.1 Å². The standard InChI is InChI=1S/C25H30N6O3S/c1-14(15-8-9-17(32-6)18(10-15)33-7)29-34-12-19-27-22-20-16-11-24(2,3)30-25(4,5)21(16)35-23(20)26-13-31(22)28-19/h8-10,13,30H,11-12H2,1-7H3/b29-14-. The maximum absolute atomic E-state index is 5.62. The molecule has 9 nitrogen and oxygen atoms in total. The van der Waals surface area contributed by atoms with Gasteiger partial charge in [-0.1, -0.05) is 5.16 Å². The molecule has 10 heteroatoms. The first kappa shape index (κ1) is 23.5. The van der Waals surface area contributed by atoms with Crippen LogP contribution in [0.3, 0.4) is 0 Å². The molecule has 4 heterocycles. The van der Waals surface area contributed by atoms with Gasteiger partial charge in [0.15, 0.2) is 29.6 Å². The number of oxime groups is 1. The lowest BCUT2D eigenvalue weighted by Crippen LogP contribution is -2.54. The van der Waals surface area contributed by atoms with Gasteiger partial charge < -0.3 is 19.6 Å². The number of nitrogens with one attached hydrogen (secondary N) is 1. The van der Waals surface area contributed by atoms with E-state index in [9.17, 15) is 0 Å². The SMILES string of the molecule is COc1ccc(/C(C)=N\OCc2nc3c4c5c(sc4ncn3n2)C(C)(C)NC(C)(C)C5)cc1OC. The van der Waals surface area contributed by atoms with E-state index in [4.69, 9.17) is 19.3 Å². The number of hydrogen-bond acceptors (Lipinski definition) is 9. The molecule has 4 aromatic rings. The molecule has 0 radical (unpaired) electrons. The summed E-state index contributed by atoms with van der Waals surface area (Å²) in [4.78, 5) is 17.4. The number of ether oxygens (including phenoxy) is 2. The molecule has 0 spiro atoms. The Morgan fingerprint density at radius 3 is 2.69 bits per heavy atom. The molecule has 1 aliphatic rings. The van der Waals surface area contributed by atoms with Gasteiger partial charge in [0.05, 0.1) is 25.3 Å². The second-order valence-electron chi connectivity index (χ2n) is 9.96. The van der Waals surface area contributed by atoms with E-state index < -0.39 is 0 Å². The second kappa shape index (κ2) is 8.46. The lowest BCUT2D eigenvalue weighted by molar-refractivity contribution is 0.125. The molecule has 0 saturated carbocycles. The number of thiophene rings is 1. The summed E-state index contributed by atoms with van der Waals surface area (Å²) in [6.07, 6.45) is 2.63. The predicted octanol–water partition coefficient (Wildman–Crippen LogP) is 4.46. The fourth-order valence-electron chi connectivity index (χ4n) is 4.92. The number of hydrogen-bond donors (Lipinski definition) is 1. The van der Waals surface area contributed by atoms with E-state index >= 15 is 0 Å². The van der Waals surface area contributed by atoms with Crippen LogP contribution >= 0.6 is 11.3 Å². The average molecular weight is 495 g/mol. The highest BCUT2D eigenvalue weighted by Crippen LogP contribution is 2.44. The van der Waals surface area contributed by atoms with E-state index in [0.717, 1.165) is 27.8 Å². The fraction of sp³-hybridized carbons (Fsp3) is 0.440. The zero-order valence-corrected chi connectivity index (χ0v) is 21.9. The molecule has 1 aromatic carbocycles. The molecule has 5 rings (SSSR count). The van der Waals surface area contributed by atoms with Crippen molar-refractivity contribution in [3.63, 3.8) is 0 Å². The van der Waals surface area contributed by atoms with Crippen molar-refractivity contribution in [2.45, 2.75) is 58.7 Å². The quantitative estimate of drug-likeness (QED) is 0.312. The van der Waals surface area contributed by atoms with E-state index in [1.165, 1.54) is 10.4 Å². The Balaban J connectivity index is 1.43. The van der Waals surface area contributed by atoms with Gasteiger partial charge in [-0.25, -0.2) is 14.5 Å². The summed E-state index contributed by atoms with van der Waals surface area (Å²) in [5.74, 6) is 1.85. The van der Waals surface area contributed by atoms with Crippen LogP contribution in [0.4, 0.5) is 0 Å². The minimum absolute atomic E-state index is 0.0281. The largest absolute Gasteiger partial charge is 0.493 e. The predicted molar refractivity (Wildman–Crippen MR) is 137 cm³/mol. The molecule has 35 heavy (non-hydrogen) atoms. The Morgan fingerprint density at radius 2 is 1.94 bits per heavy atom. The van der Waals surface area contributed by atoms with Gasteiger partial charge in [0.2, 0.25) is 0 Å². The molecule has 3 aromatic heterocycles. The number of nitrogens with zero attached hydrogens (tertiary/aromatic N) is 5. The van der Waals surface area contributed by atoms with Crippen molar-refractivity contribution in [2.75, 3.05) is 14.2 Å². The summed E-state index contributed by atoms with van der Waals surface area (Å²) in [7, 11) is 3.21. The molecule has 0 aliphatic carbocycles. The monoisotopic (exact) mass is 494 g/mol. The average Bonchev–Trinajstić information content (AvgIpc) is 3.38. The highest BCUT2D eigenvalue weighted by molar-refractivity contribution is 7.19. The number of aromatic nitrogens is 4. The Hall–Kier alpha value is -3.24. The van der Waals surface area contributed by atoms with Crippen LogP contribution in [-0.2, 0) is 23.4 Å². The zero-order valence-electron chi connectivity index (χ0n) is 21.1. The van der Waals surface area contributed by atoms with Crippen LogP contribution in [0.25, 0.3) is 15.9 Å². The lowest BCUT2D eigenvalue weighted by Gasteiger charge is -2.42. The third-order valence-corrected chi connectivity index (χ3v) is 7.67. The van der Waals surface area contributed by atoms with Crippen molar-refractivity contribution < 1.29 is 14.3 Å². The molecule has 1 N–H and O–H groups in total. The van der Waals surface area contributed by atoms with Crippen molar-refractivity contribution in [3.05, 3.63) is 46.4 Å². The normalized spacial score (nSPS) is 16.9. The van der Waals surface area contributed by atoms with E-state index in [1.54, 1.807) is 36.4 Å². The number of rotatable bonds is 6. The van der Waals surface area contributed by atoms with Crippen LogP contribution in [0.1, 0.15) is 56.4 Å². The van der Waals surface area contributed by atoms with Crippen LogP contribution in [0, 0.1) is 0 Å². The van der Waals surface area contributed by atoms with Gasteiger partial charge in [0, 0.05) is 21.5 Å². The number of methoxy groups -OCH3 is 2. The minimum Gasteiger partial charge on any atom is -0.493 e. The topological polar surface area (TPSA) is 95.2 Å². The summed E-state index contributed by atoms with van der Waals surface area (Å²) in [5.41, 5.74) is 3.53. The third-order valence-electron chi connectivity index (χ3n) is 6.21. The van der Waals surface area contributed by atoms with Crippen molar-refractivity contribution in [3.8, 4) is 11.5 Å². The van der Waals surface area contributed by atoms with E-state index in [-0.39, 0.29) is 17.7 Å². The zero-order chi connectivity index (χ0) is 25.0.